The summed E-state index contributed by atoms with van der Waals surface area (Å²) in [6, 6.07) is 11.5. The Balaban J connectivity index is 2.40. The van der Waals surface area contributed by atoms with E-state index in [0.717, 1.165) is 0 Å². The van der Waals surface area contributed by atoms with Crippen molar-refractivity contribution in [2.45, 2.75) is 24.7 Å². The number of ether oxygens (including phenoxy) is 1. The van der Waals surface area contributed by atoms with Gasteiger partial charge >= 0.3 is 5.97 Å². The smallest absolute Gasteiger partial charge is 0.321 e. The summed E-state index contributed by atoms with van der Waals surface area (Å²) in [4.78, 5) is 24.0. The van der Waals surface area contributed by atoms with E-state index in [1.807, 2.05) is 0 Å². The molecule has 0 amide bonds. The lowest BCUT2D eigenvalue weighted by molar-refractivity contribution is -0.147. The number of anilines is 1. The fourth-order valence-electron chi connectivity index (χ4n) is 2.40. The number of sulfonamides is 1. The van der Waals surface area contributed by atoms with Gasteiger partial charge in [-0.2, -0.15) is 0 Å². The van der Waals surface area contributed by atoms with Crippen molar-refractivity contribution in [2.24, 2.45) is 0 Å². The number of esters is 1. The van der Waals surface area contributed by atoms with Gasteiger partial charge in [-0.3, -0.25) is 14.3 Å². The molecule has 7 nitrogen and oxygen atoms in total. The Kier molecular flexibility index (Phi) is 5.99. The van der Waals surface area contributed by atoms with E-state index in [1.165, 1.54) is 37.3 Å². The number of phenolic OH excluding ortho intramolecular Hbond substituents is 1. The van der Waals surface area contributed by atoms with E-state index in [0.29, 0.717) is 0 Å². The van der Waals surface area contributed by atoms with Gasteiger partial charge in [-0.1, -0.05) is 18.2 Å². The van der Waals surface area contributed by atoms with Gasteiger partial charge in [-0.05, 0) is 44.2 Å². The Morgan fingerprint density at radius 2 is 1.81 bits per heavy atom. The Bertz CT molecular complexity index is 909. The van der Waals surface area contributed by atoms with Crippen LogP contribution in [-0.4, -0.2) is 31.9 Å². The number of aromatic hydroxyl groups is 1. The summed E-state index contributed by atoms with van der Waals surface area (Å²) in [7, 11) is -3.85. The summed E-state index contributed by atoms with van der Waals surface area (Å²) < 4.78 is 32.1. The van der Waals surface area contributed by atoms with Crippen LogP contribution in [0.3, 0.4) is 0 Å². The maximum absolute atomic E-state index is 12.4. The quantitative estimate of drug-likeness (QED) is 0.436. The van der Waals surface area contributed by atoms with Crippen LogP contribution < -0.4 is 4.72 Å². The summed E-state index contributed by atoms with van der Waals surface area (Å²) in [5.41, 5.74) is 0.0846. The summed E-state index contributed by atoms with van der Waals surface area (Å²) in [6.07, 6.45) is 0. The molecule has 8 heteroatoms. The number of carbonyl (C=O) groups is 2. The Morgan fingerprint density at radius 1 is 1.15 bits per heavy atom. The van der Waals surface area contributed by atoms with Gasteiger partial charge in [0.1, 0.15) is 17.5 Å². The molecular formula is C18H19NO6S. The fraction of sp³-hybridized carbons (Fsp3) is 0.222. The molecule has 26 heavy (non-hydrogen) atoms. The highest BCUT2D eigenvalue weighted by molar-refractivity contribution is 7.92. The third-order valence-electron chi connectivity index (χ3n) is 3.57. The molecule has 0 unspecified atom stereocenters. The average molecular weight is 377 g/mol. The third kappa shape index (κ3) is 4.40. The molecule has 0 spiro atoms. The molecule has 0 saturated heterocycles. The number of Topliss-reactive ketones (excluding diaryl/α,β-unsaturated/α-hetero) is 1. The van der Waals surface area contributed by atoms with E-state index < -0.39 is 27.7 Å². The Morgan fingerprint density at radius 3 is 2.38 bits per heavy atom. The third-order valence-corrected chi connectivity index (χ3v) is 4.97. The second-order valence-electron chi connectivity index (χ2n) is 5.49. The minimum absolute atomic E-state index is 0.0239. The molecule has 2 N–H and O–H groups in total. The molecule has 0 fully saturated rings. The second kappa shape index (κ2) is 8.01. The van der Waals surface area contributed by atoms with Gasteiger partial charge in [-0.25, -0.2) is 8.42 Å². The zero-order chi connectivity index (χ0) is 19.3. The molecule has 2 rings (SSSR count). The molecule has 0 bridgehead atoms. The van der Waals surface area contributed by atoms with E-state index in [2.05, 4.69) is 4.72 Å². The van der Waals surface area contributed by atoms with Gasteiger partial charge in [0.05, 0.1) is 11.5 Å². The van der Waals surface area contributed by atoms with Crippen LogP contribution in [0.4, 0.5) is 5.69 Å². The molecule has 0 heterocycles. The van der Waals surface area contributed by atoms with Crippen LogP contribution in [0.25, 0.3) is 0 Å². The average Bonchev–Trinajstić information content (AvgIpc) is 2.58. The highest BCUT2D eigenvalue weighted by Gasteiger charge is 2.30. The largest absolute Gasteiger partial charge is 0.508 e. The van der Waals surface area contributed by atoms with Crippen LogP contribution in [0.1, 0.15) is 25.3 Å². The Labute approximate surface area is 151 Å². The summed E-state index contributed by atoms with van der Waals surface area (Å²) in [5.74, 6) is -2.97. The summed E-state index contributed by atoms with van der Waals surface area (Å²) in [6.45, 7) is 2.87. The molecule has 138 valence electrons. The number of hydrogen-bond donors (Lipinski definition) is 2. The maximum atomic E-state index is 12.4. The number of ketones is 1. The minimum atomic E-state index is -3.85. The van der Waals surface area contributed by atoms with Crippen molar-refractivity contribution in [3.63, 3.8) is 0 Å². The van der Waals surface area contributed by atoms with Crippen LogP contribution in [0.5, 0.6) is 5.75 Å². The number of phenols is 1. The van der Waals surface area contributed by atoms with Gasteiger partial charge in [-0.15, -0.1) is 0 Å². The predicted octanol–water partition coefficient (Wildman–Crippen LogP) is 2.43. The van der Waals surface area contributed by atoms with Crippen molar-refractivity contribution in [1.29, 1.82) is 0 Å². The van der Waals surface area contributed by atoms with Crippen molar-refractivity contribution in [1.82, 2.24) is 0 Å². The SMILES string of the molecule is CCOC(=O)[C@@H](C(C)=O)c1cc(NS(=O)(=O)c2ccccc2)ccc1O. The lowest BCUT2D eigenvalue weighted by atomic mass is 9.94. The van der Waals surface area contributed by atoms with E-state index in [9.17, 15) is 23.1 Å². The van der Waals surface area contributed by atoms with Crippen LogP contribution in [0.2, 0.25) is 0 Å². The topological polar surface area (TPSA) is 110 Å². The molecular weight excluding hydrogens is 358 g/mol. The molecule has 0 aromatic heterocycles. The van der Waals surface area contributed by atoms with Gasteiger partial charge in [0.15, 0.2) is 0 Å². The number of rotatable bonds is 7. The fourth-order valence-corrected chi connectivity index (χ4v) is 3.47. The van der Waals surface area contributed by atoms with E-state index >= 15 is 0 Å². The highest BCUT2D eigenvalue weighted by atomic mass is 32.2. The van der Waals surface area contributed by atoms with Crippen LogP contribution >= 0.6 is 0 Å². The van der Waals surface area contributed by atoms with Gasteiger partial charge in [0.25, 0.3) is 10.0 Å². The monoisotopic (exact) mass is 377 g/mol. The lowest BCUT2D eigenvalue weighted by Gasteiger charge is -2.16. The van der Waals surface area contributed by atoms with E-state index in [4.69, 9.17) is 4.74 Å². The van der Waals surface area contributed by atoms with Crippen molar-refractivity contribution in [2.75, 3.05) is 11.3 Å². The molecule has 2 aromatic carbocycles. The Hall–Kier alpha value is -2.87. The molecule has 2 aromatic rings. The first-order chi connectivity index (χ1) is 12.3. The molecule has 0 aliphatic heterocycles. The normalized spacial score (nSPS) is 12.2. The molecule has 0 aliphatic carbocycles. The van der Waals surface area contributed by atoms with Crippen molar-refractivity contribution < 1.29 is 27.9 Å². The highest BCUT2D eigenvalue weighted by Crippen LogP contribution is 2.31. The van der Waals surface area contributed by atoms with Crippen molar-refractivity contribution >= 4 is 27.5 Å². The van der Waals surface area contributed by atoms with Crippen LogP contribution in [0.15, 0.2) is 53.4 Å². The lowest BCUT2D eigenvalue weighted by Crippen LogP contribution is -2.22. The van der Waals surface area contributed by atoms with Crippen molar-refractivity contribution in [3.8, 4) is 5.75 Å². The standard InChI is InChI=1S/C18H19NO6S/c1-3-25-18(22)17(12(2)20)15-11-13(9-10-16(15)21)19-26(23,24)14-7-5-4-6-8-14/h4-11,17,19,21H,3H2,1-2H3/t17-/m0/s1. The summed E-state index contributed by atoms with van der Waals surface area (Å²) >= 11 is 0. The zero-order valence-corrected chi connectivity index (χ0v) is 15.1. The molecule has 1 atom stereocenters. The van der Waals surface area contributed by atoms with Crippen molar-refractivity contribution in [3.05, 3.63) is 54.1 Å². The molecule has 0 aliphatic rings. The van der Waals surface area contributed by atoms with E-state index in [-0.39, 0.29) is 28.5 Å². The van der Waals surface area contributed by atoms with Crippen LogP contribution in [-0.2, 0) is 24.3 Å². The van der Waals surface area contributed by atoms with E-state index in [1.54, 1.807) is 25.1 Å². The minimum Gasteiger partial charge on any atom is -0.508 e. The zero-order valence-electron chi connectivity index (χ0n) is 14.3. The van der Waals surface area contributed by atoms with Gasteiger partial charge in [0, 0.05) is 11.3 Å². The number of benzene rings is 2. The van der Waals surface area contributed by atoms with Gasteiger partial charge < -0.3 is 9.84 Å². The number of carbonyl (C=O) groups excluding carboxylic acids is 2. The number of nitrogens with one attached hydrogen (secondary N) is 1. The second-order valence-corrected chi connectivity index (χ2v) is 7.17. The predicted molar refractivity (Wildman–Crippen MR) is 95.4 cm³/mol. The summed E-state index contributed by atoms with van der Waals surface area (Å²) in [5, 5.41) is 10.0. The molecule has 0 radical (unpaired) electrons. The van der Waals surface area contributed by atoms with Gasteiger partial charge in [0.2, 0.25) is 0 Å². The number of hydrogen-bond acceptors (Lipinski definition) is 6. The first-order valence-electron chi connectivity index (χ1n) is 7.84. The maximum Gasteiger partial charge on any atom is 0.321 e. The van der Waals surface area contributed by atoms with Crippen LogP contribution in [0, 0.1) is 0 Å². The molecule has 0 saturated carbocycles. The first-order valence-corrected chi connectivity index (χ1v) is 9.32. The first kappa shape index (κ1) is 19.5.